The second kappa shape index (κ2) is 7.09. The molecular weight excluding hydrogens is 276 g/mol. The Bertz CT molecular complexity index is 485. The molecule has 1 aromatic heterocycles. The van der Waals surface area contributed by atoms with Gasteiger partial charge in [-0.1, -0.05) is 13.3 Å². The fraction of sp³-hybridized carbons (Fsp3) is 0.647. The van der Waals surface area contributed by atoms with Gasteiger partial charge in [-0.25, -0.2) is 0 Å². The van der Waals surface area contributed by atoms with Gasteiger partial charge in [0.05, 0.1) is 6.04 Å². The lowest BCUT2D eigenvalue weighted by Gasteiger charge is -2.41. The van der Waals surface area contributed by atoms with E-state index in [4.69, 9.17) is 0 Å². The molecule has 2 aliphatic rings. The first kappa shape index (κ1) is 15.3. The minimum absolute atomic E-state index is 0.117. The lowest BCUT2D eigenvalue weighted by Crippen LogP contribution is -2.56. The van der Waals surface area contributed by atoms with Crippen LogP contribution < -0.4 is 4.90 Å². The second-order valence-electron chi connectivity index (χ2n) is 6.16. The first-order valence-electron chi connectivity index (χ1n) is 8.47. The summed E-state index contributed by atoms with van der Waals surface area (Å²) >= 11 is 0. The average Bonchev–Trinajstić information content (AvgIpc) is 2.62. The van der Waals surface area contributed by atoms with Crippen LogP contribution in [0.5, 0.6) is 0 Å². The van der Waals surface area contributed by atoms with Crippen molar-refractivity contribution in [1.29, 1.82) is 0 Å². The predicted octanol–water partition coefficient (Wildman–Crippen LogP) is 1.60. The monoisotopic (exact) mass is 302 g/mol. The standard InChI is InChI=1S/C17H26N4O/c1-2-19-10-4-3-5-16(19)17(22)21-13-11-20(12-14-21)15-6-8-18-9-7-15/h6-9,16H,2-5,10-14H2,1H3/t16-/m1/s1. The highest BCUT2D eigenvalue weighted by atomic mass is 16.2. The fourth-order valence-electron chi connectivity index (χ4n) is 3.60. The van der Waals surface area contributed by atoms with Crippen molar-refractivity contribution in [3.05, 3.63) is 24.5 Å². The topological polar surface area (TPSA) is 39.7 Å². The molecule has 0 spiro atoms. The molecule has 5 nitrogen and oxygen atoms in total. The molecule has 3 rings (SSSR count). The molecule has 0 aliphatic carbocycles. The third-order valence-corrected chi connectivity index (χ3v) is 4.92. The molecule has 22 heavy (non-hydrogen) atoms. The third-order valence-electron chi connectivity index (χ3n) is 4.92. The van der Waals surface area contributed by atoms with Crippen molar-refractivity contribution in [3.8, 4) is 0 Å². The maximum atomic E-state index is 12.8. The molecule has 0 saturated carbocycles. The number of pyridine rings is 1. The van der Waals surface area contributed by atoms with Gasteiger partial charge in [0.25, 0.3) is 0 Å². The van der Waals surface area contributed by atoms with Crippen LogP contribution in [0.4, 0.5) is 5.69 Å². The van der Waals surface area contributed by atoms with E-state index < -0.39 is 0 Å². The number of carbonyl (C=O) groups is 1. The van der Waals surface area contributed by atoms with Crippen LogP contribution in [0, 0.1) is 0 Å². The Morgan fingerprint density at radius 2 is 1.86 bits per heavy atom. The van der Waals surface area contributed by atoms with Crippen molar-refractivity contribution in [3.63, 3.8) is 0 Å². The van der Waals surface area contributed by atoms with Gasteiger partial charge in [0, 0.05) is 44.3 Å². The zero-order valence-electron chi connectivity index (χ0n) is 13.4. The average molecular weight is 302 g/mol. The molecule has 1 amide bonds. The third kappa shape index (κ3) is 3.24. The smallest absolute Gasteiger partial charge is 0.240 e. The summed E-state index contributed by atoms with van der Waals surface area (Å²) in [5.41, 5.74) is 1.20. The number of piperazine rings is 1. The molecule has 0 N–H and O–H groups in total. The van der Waals surface area contributed by atoms with Crippen LogP contribution in [0.25, 0.3) is 0 Å². The molecule has 2 aliphatic heterocycles. The quantitative estimate of drug-likeness (QED) is 0.850. The Balaban J connectivity index is 1.57. The van der Waals surface area contributed by atoms with E-state index in [9.17, 15) is 4.79 Å². The number of likely N-dealkylation sites (tertiary alicyclic amines) is 1. The van der Waals surface area contributed by atoms with E-state index >= 15 is 0 Å². The molecule has 2 fully saturated rings. The fourth-order valence-corrected chi connectivity index (χ4v) is 3.60. The largest absolute Gasteiger partial charge is 0.368 e. The number of likely N-dealkylation sites (N-methyl/N-ethyl adjacent to an activating group) is 1. The van der Waals surface area contributed by atoms with Gasteiger partial charge in [0.1, 0.15) is 0 Å². The minimum atomic E-state index is 0.117. The van der Waals surface area contributed by atoms with E-state index in [0.29, 0.717) is 5.91 Å². The SMILES string of the molecule is CCN1CCCC[C@@H]1C(=O)N1CCN(c2ccncc2)CC1. The molecule has 5 heteroatoms. The summed E-state index contributed by atoms with van der Waals surface area (Å²) in [6, 6.07) is 4.20. The molecule has 1 atom stereocenters. The van der Waals surface area contributed by atoms with Crippen LogP contribution in [0.3, 0.4) is 0 Å². The number of aromatic nitrogens is 1. The molecule has 120 valence electrons. The maximum Gasteiger partial charge on any atom is 0.240 e. The summed E-state index contributed by atoms with van der Waals surface area (Å²) in [6.45, 7) is 7.69. The molecule has 0 bridgehead atoms. The second-order valence-corrected chi connectivity index (χ2v) is 6.16. The van der Waals surface area contributed by atoms with Crippen LogP contribution in [0.1, 0.15) is 26.2 Å². The molecule has 0 radical (unpaired) electrons. The number of rotatable bonds is 3. The summed E-state index contributed by atoms with van der Waals surface area (Å²) in [7, 11) is 0. The van der Waals surface area contributed by atoms with Crippen molar-refractivity contribution in [2.45, 2.75) is 32.2 Å². The highest BCUT2D eigenvalue weighted by Gasteiger charge is 2.32. The van der Waals surface area contributed by atoms with Gasteiger partial charge in [-0.3, -0.25) is 14.7 Å². The Kier molecular flexibility index (Phi) is 4.93. The number of hydrogen-bond donors (Lipinski definition) is 0. The number of hydrogen-bond acceptors (Lipinski definition) is 4. The summed E-state index contributed by atoms with van der Waals surface area (Å²) in [5, 5.41) is 0. The van der Waals surface area contributed by atoms with Gasteiger partial charge >= 0.3 is 0 Å². The van der Waals surface area contributed by atoms with Crippen molar-refractivity contribution in [2.24, 2.45) is 0 Å². The Labute approximate surface area is 132 Å². The zero-order chi connectivity index (χ0) is 15.4. The summed E-state index contributed by atoms with van der Waals surface area (Å²) in [4.78, 5) is 23.6. The Morgan fingerprint density at radius 1 is 1.14 bits per heavy atom. The number of carbonyl (C=O) groups excluding carboxylic acids is 1. The van der Waals surface area contributed by atoms with E-state index in [-0.39, 0.29) is 6.04 Å². The molecule has 0 aromatic carbocycles. The molecule has 1 aromatic rings. The van der Waals surface area contributed by atoms with Gasteiger partial charge in [-0.15, -0.1) is 0 Å². The van der Waals surface area contributed by atoms with Crippen molar-refractivity contribution in [1.82, 2.24) is 14.8 Å². The van der Waals surface area contributed by atoms with Crippen LogP contribution in [-0.2, 0) is 4.79 Å². The zero-order valence-corrected chi connectivity index (χ0v) is 13.4. The number of piperidine rings is 1. The molecule has 3 heterocycles. The van der Waals surface area contributed by atoms with Gasteiger partial charge in [0.2, 0.25) is 5.91 Å². The van der Waals surface area contributed by atoms with Crippen LogP contribution in [-0.4, -0.2) is 66.0 Å². The minimum Gasteiger partial charge on any atom is -0.368 e. The van der Waals surface area contributed by atoms with Gasteiger partial charge in [0.15, 0.2) is 0 Å². The summed E-state index contributed by atoms with van der Waals surface area (Å²) in [5.74, 6) is 0.343. The van der Waals surface area contributed by atoms with E-state index in [1.165, 1.54) is 18.5 Å². The number of anilines is 1. The van der Waals surface area contributed by atoms with Crippen molar-refractivity contribution < 1.29 is 4.79 Å². The first-order valence-corrected chi connectivity index (χ1v) is 8.47. The van der Waals surface area contributed by atoms with Crippen molar-refractivity contribution in [2.75, 3.05) is 44.2 Å². The Hall–Kier alpha value is -1.62. The summed E-state index contributed by atoms with van der Waals surface area (Å²) < 4.78 is 0. The highest BCUT2D eigenvalue weighted by molar-refractivity contribution is 5.82. The number of amides is 1. The van der Waals surface area contributed by atoms with Crippen molar-refractivity contribution >= 4 is 11.6 Å². The van der Waals surface area contributed by atoms with E-state index in [0.717, 1.165) is 45.7 Å². The lowest BCUT2D eigenvalue weighted by atomic mass is 10.0. The summed E-state index contributed by atoms with van der Waals surface area (Å²) in [6.07, 6.45) is 7.09. The Morgan fingerprint density at radius 3 is 2.55 bits per heavy atom. The van der Waals surface area contributed by atoms with Gasteiger partial charge < -0.3 is 9.80 Å². The predicted molar refractivity (Wildman–Crippen MR) is 87.9 cm³/mol. The van der Waals surface area contributed by atoms with Crippen LogP contribution >= 0.6 is 0 Å². The highest BCUT2D eigenvalue weighted by Crippen LogP contribution is 2.20. The first-order chi connectivity index (χ1) is 10.8. The van der Waals surface area contributed by atoms with E-state index in [2.05, 4.69) is 26.6 Å². The van der Waals surface area contributed by atoms with Crippen LogP contribution in [0.2, 0.25) is 0 Å². The maximum absolute atomic E-state index is 12.8. The van der Waals surface area contributed by atoms with Crippen LogP contribution in [0.15, 0.2) is 24.5 Å². The molecule has 2 saturated heterocycles. The normalized spacial score (nSPS) is 23.6. The van der Waals surface area contributed by atoms with Gasteiger partial charge in [-0.2, -0.15) is 0 Å². The van der Waals surface area contributed by atoms with E-state index in [1.807, 2.05) is 24.5 Å². The molecular formula is C17H26N4O. The lowest BCUT2D eigenvalue weighted by molar-refractivity contribution is -0.138. The van der Waals surface area contributed by atoms with Gasteiger partial charge in [-0.05, 0) is 38.1 Å². The van der Waals surface area contributed by atoms with E-state index in [1.54, 1.807) is 0 Å². The molecule has 0 unspecified atom stereocenters. The number of nitrogens with zero attached hydrogens (tertiary/aromatic N) is 4.